The SMILES string of the molecule is Cc1cc2nc(/C(C#N)=C\c3ccc(-c4ccccc4C(=O)[O-])o3)[nH]c2cc1C. The summed E-state index contributed by atoms with van der Waals surface area (Å²) in [5, 5.41) is 20.9. The number of hydrogen-bond donors (Lipinski definition) is 1. The van der Waals surface area contributed by atoms with Gasteiger partial charge in [0.05, 0.1) is 22.6 Å². The molecule has 0 amide bonds. The number of H-pyrrole nitrogens is 1. The first kappa shape index (κ1) is 18.3. The first-order valence-electron chi connectivity index (χ1n) is 8.96. The summed E-state index contributed by atoms with van der Waals surface area (Å²) in [5.74, 6) is -0.0398. The summed E-state index contributed by atoms with van der Waals surface area (Å²) in [6.45, 7) is 4.03. The average molecular weight is 382 g/mol. The zero-order valence-corrected chi connectivity index (χ0v) is 15.8. The van der Waals surface area contributed by atoms with Crippen LogP contribution in [-0.4, -0.2) is 15.9 Å². The number of fused-ring (bicyclic) bond motifs is 1. The van der Waals surface area contributed by atoms with E-state index in [1.807, 2.05) is 26.0 Å². The van der Waals surface area contributed by atoms with Crippen molar-refractivity contribution in [3.05, 3.63) is 76.8 Å². The van der Waals surface area contributed by atoms with Gasteiger partial charge in [-0.1, -0.05) is 24.3 Å². The lowest BCUT2D eigenvalue weighted by molar-refractivity contribution is -0.254. The summed E-state index contributed by atoms with van der Waals surface area (Å²) in [6.07, 6.45) is 1.57. The number of aromatic nitrogens is 2. The maximum atomic E-state index is 11.3. The van der Waals surface area contributed by atoms with Crippen LogP contribution in [0.3, 0.4) is 0 Å². The Labute approximate surface area is 166 Å². The van der Waals surface area contributed by atoms with Gasteiger partial charge in [-0.2, -0.15) is 5.26 Å². The van der Waals surface area contributed by atoms with Crippen LogP contribution in [-0.2, 0) is 0 Å². The van der Waals surface area contributed by atoms with Crippen LogP contribution in [0.4, 0.5) is 0 Å². The van der Waals surface area contributed by atoms with Crippen LogP contribution >= 0.6 is 0 Å². The van der Waals surface area contributed by atoms with Gasteiger partial charge in [-0.25, -0.2) is 4.98 Å². The number of carbonyl (C=O) groups is 1. The number of nitrogens with zero attached hydrogens (tertiary/aromatic N) is 2. The summed E-state index contributed by atoms with van der Waals surface area (Å²) in [7, 11) is 0. The van der Waals surface area contributed by atoms with E-state index >= 15 is 0 Å². The molecule has 0 aliphatic heterocycles. The highest BCUT2D eigenvalue weighted by molar-refractivity contribution is 5.94. The number of nitrogens with one attached hydrogen (secondary N) is 1. The monoisotopic (exact) mass is 382 g/mol. The quantitative estimate of drug-likeness (QED) is 0.539. The van der Waals surface area contributed by atoms with Gasteiger partial charge < -0.3 is 19.3 Å². The summed E-state index contributed by atoms with van der Waals surface area (Å²) >= 11 is 0. The molecule has 2 aromatic carbocycles. The fraction of sp³-hybridized carbons (Fsp3) is 0.0870. The van der Waals surface area contributed by atoms with E-state index in [4.69, 9.17) is 4.42 Å². The van der Waals surface area contributed by atoms with Gasteiger partial charge in [0.15, 0.2) is 0 Å². The van der Waals surface area contributed by atoms with Crippen LogP contribution in [0, 0.1) is 25.2 Å². The first-order chi connectivity index (χ1) is 14.0. The van der Waals surface area contributed by atoms with Crippen LogP contribution in [0.2, 0.25) is 0 Å². The maximum Gasteiger partial charge on any atom is 0.149 e. The van der Waals surface area contributed by atoms with Crippen molar-refractivity contribution < 1.29 is 14.3 Å². The van der Waals surface area contributed by atoms with Gasteiger partial charge in [0.25, 0.3) is 0 Å². The third-order valence-corrected chi connectivity index (χ3v) is 4.80. The molecule has 4 rings (SSSR count). The molecule has 0 atom stereocenters. The fourth-order valence-corrected chi connectivity index (χ4v) is 3.14. The largest absolute Gasteiger partial charge is 0.545 e. The number of carboxylic acids is 1. The molecular weight excluding hydrogens is 366 g/mol. The number of rotatable bonds is 4. The number of allylic oxidation sites excluding steroid dienone is 1. The molecule has 29 heavy (non-hydrogen) atoms. The molecular formula is C23H16N3O3-. The first-order valence-corrected chi connectivity index (χ1v) is 8.96. The smallest absolute Gasteiger partial charge is 0.149 e. The number of imidazole rings is 1. The second-order valence-corrected chi connectivity index (χ2v) is 6.74. The Kier molecular flexibility index (Phi) is 4.49. The summed E-state index contributed by atoms with van der Waals surface area (Å²) in [6, 6.07) is 15.9. The zero-order chi connectivity index (χ0) is 20.5. The predicted octanol–water partition coefficient (Wildman–Crippen LogP) is 3.87. The molecule has 142 valence electrons. The number of aromatic amines is 1. The molecule has 6 heteroatoms. The molecule has 0 fully saturated rings. The van der Waals surface area contributed by atoms with Crippen molar-refractivity contribution in [2.45, 2.75) is 13.8 Å². The third-order valence-electron chi connectivity index (χ3n) is 4.80. The standard InChI is InChI=1S/C23H17N3O3/c1-13-9-19-20(10-14(13)2)26-22(25-19)15(12-24)11-16-7-8-21(29-16)17-5-3-4-6-18(17)23(27)28/h3-11H,1-2H3,(H,25,26)(H,27,28)/p-1/b15-11-. The minimum absolute atomic E-state index is 0.0425. The third kappa shape index (κ3) is 3.42. The lowest BCUT2D eigenvalue weighted by atomic mass is 10.1. The van der Waals surface area contributed by atoms with E-state index in [9.17, 15) is 15.2 Å². The van der Waals surface area contributed by atoms with Crippen molar-refractivity contribution in [1.82, 2.24) is 9.97 Å². The molecule has 4 aromatic rings. The van der Waals surface area contributed by atoms with Gasteiger partial charge in [0.2, 0.25) is 0 Å². The van der Waals surface area contributed by atoms with E-state index in [1.165, 1.54) is 6.07 Å². The van der Waals surface area contributed by atoms with E-state index in [2.05, 4.69) is 16.0 Å². The highest BCUT2D eigenvalue weighted by atomic mass is 16.4. The Balaban J connectivity index is 1.73. The fourth-order valence-electron chi connectivity index (χ4n) is 3.14. The number of aryl methyl sites for hydroxylation is 2. The number of carbonyl (C=O) groups excluding carboxylic acids is 1. The van der Waals surface area contributed by atoms with E-state index in [1.54, 1.807) is 36.4 Å². The Bertz CT molecular complexity index is 1280. The number of furan rings is 1. The van der Waals surface area contributed by atoms with E-state index in [0.29, 0.717) is 28.5 Å². The Morgan fingerprint density at radius 3 is 2.69 bits per heavy atom. The second kappa shape index (κ2) is 7.13. The molecule has 1 N–H and O–H groups in total. The van der Waals surface area contributed by atoms with E-state index in [0.717, 1.165) is 22.2 Å². The number of nitriles is 1. The lowest BCUT2D eigenvalue weighted by Gasteiger charge is -2.07. The minimum atomic E-state index is -1.28. The van der Waals surface area contributed by atoms with Crippen LogP contribution in [0.5, 0.6) is 0 Å². The highest BCUT2D eigenvalue weighted by Crippen LogP contribution is 2.28. The molecule has 0 saturated carbocycles. The minimum Gasteiger partial charge on any atom is -0.545 e. The van der Waals surface area contributed by atoms with Crippen LogP contribution in [0.1, 0.15) is 33.1 Å². The lowest BCUT2D eigenvalue weighted by Crippen LogP contribution is -2.22. The van der Waals surface area contributed by atoms with Crippen molar-refractivity contribution in [1.29, 1.82) is 5.26 Å². The van der Waals surface area contributed by atoms with Gasteiger partial charge in [0, 0.05) is 17.2 Å². The normalized spacial score (nSPS) is 11.6. The topological polar surface area (TPSA) is 106 Å². The van der Waals surface area contributed by atoms with Crippen molar-refractivity contribution in [2.24, 2.45) is 0 Å². The molecule has 2 aromatic heterocycles. The molecule has 0 radical (unpaired) electrons. The van der Waals surface area contributed by atoms with Crippen molar-refractivity contribution in [2.75, 3.05) is 0 Å². The molecule has 0 saturated heterocycles. The number of carboxylic acid groups (broad SMARTS) is 1. The summed E-state index contributed by atoms with van der Waals surface area (Å²) in [4.78, 5) is 19.0. The summed E-state index contributed by atoms with van der Waals surface area (Å²) < 4.78 is 5.77. The van der Waals surface area contributed by atoms with Gasteiger partial charge in [-0.15, -0.1) is 0 Å². The summed E-state index contributed by atoms with van der Waals surface area (Å²) in [5.41, 5.74) is 4.67. The molecule has 0 aliphatic carbocycles. The molecule has 0 unspecified atom stereocenters. The van der Waals surface area contributed by atoms with Crippen molar-refractivity contribution in [3.63, 3.8) is 0 Å². The molecule has 6 nitrogen and oxygen atoms in total. The van der Waals surface area contributed by atoms with Crippen molar-refractivity contribution in [3.8, 4) is 17.4 Å². The van der Waals surface area contributed by atoms with Crippen LogP contribution in [0.15, 0.2) is 52.9 Å². The van der Waals surface area contributed by atoms with Gasteiger partial charge in [0.1, 0.15) is 23.4 Å². The van der Waals surface area contributed by atoms with Gasteiger partial charge in [-0.05, 0) is 49.2 Å². The number of benzene rings is 2. The maximum absolute atomic E-state index is 11.3. The Morgan fingerprint density at radius 2 is 1.93 bits per heavy atom. The van der Waals surface area contributed by atoms with Gasteiger partial charge in [-0.3, -0.25) is 0 Å². The number of aromatic carboxylic acids is 1. The van der Waals surface area contributed by atoms with Crippen LogP contribution < -0.4 is 5.11 Å². The predicted molar refractivity (Wildman–Crippen MR) is 108 cm³/mol. The highest BCUT2D eigenvalue weighted by Gasteiger charge is 2.12. The Morgan fingerprint density at radius 1 is 1.17 bits per heavy atom. The Hall–Kier alpha value is -4.11. The van der Waals surface area contributed by atoms with Gasteiger partial charge >= 0.3 is 0 Å². The second-order valence-electron chi connectivity index (χ2n) is 6.74. The average Bonchev–Trinajstić information content (AvgIpc) is 3.33. The molecule has 0 spiro atoms. The van der Waals surface area contributed by atoms with E-state index < -0.39 is 5.97 Å². The molecule has 0 aliphatic rings. The molecule has 0 bridgehead atoms. The van der Waals surface area contributed by atoms with Crippen molar-refractivity contribution >= 4 is 28.7 Å². The number of hydrogen-bond acceptors (Lipinski definition) is 5. The van der Waals surface area contributed by atoms with Crippen LogP contribution in [0.25, 0.3) is 34.0 Å². The van der Waals surface area contributed by atoms with E-state index in [-0.39, 0.29) is 5.56 Å². The zero-order valence-electron chi connectivity index (χ0n) is 15.8. The molecule has 2 heterocycles.